The second kappa shape index (κ2) is 8.15. The number of allylic oxidation sites excluding steroid dienone is 1. The predicted molar refractivity (Wildman–Crippen MR) is 92.1 cm³/mol. The number of hydrogen-bond donors (Lipinski definition) is 1. The maximum Gasteiger partial charge on any atom is 0.271 e. The van der Waals surface area contributed by atoms with Gasteiger partial charge in [-0.25, -0.2) is 5.43 Å². The smallest absolute Gasteiger partial charge is 0.267 e. The second-order valence-corrected chi connectivity index (χ2v) is 5.08. The average Bonchev–Trinajstić information content (AvgIpc) is 2.56. The first kappa shape index (κ1) is 16.0. The summed E-state index contributed by atoms with van der Waals surface area (Å²) in [5, 5.41) is 4.75. The summed E-state index contributed by atoms with van der Waals surface area (Å²) in [6.45, 7) is 1.99. The van der Waals surface area contributed by atoms with E-state index in [1.165, 1.54) is 0 Å². The lowest BCUT2D eigenvalue weighted by Crippen LogP contribution is -2.19. The Labute approximate surface area is 135 Å². The van der Waals surface area contributed by atoms with Gasteiger partial charge in [-0.15, -0.1) is 0 Å². The van der Waals surface area contributed by atoms with Crippen LogP contribution in [0.15, 0.2) is 65.8 Å². The average molecular weight is 313 g/mol. The number of amides is 1. The number of nitrogens with one attached hydrogen (secondary N) is 1. The highest BCUT2D eigenvalue weighted by Crippen LogP contribution is 2.09. The molecular weight excluding hydrogens is 296 g/mol. The van der Waals surface area contributed by atoms with E-state index in [1.807, 2.05) is 49.4 Å². The Balaban J connectivity index is 2.01. The normalized spacial score (nSPS) is 11.6. The van der Waals surface area contributed by atoms with Crippen molar-refractivity contribution >= 4 is 29.3 Å². The Morgan fingerprint density at radius 3 is 2.45 bits per heavy atom. The largest absolute Gasteiger partial charge is 0.271 e. The van der Waals surface area contributed by atoms with Crippen LogP contribution in [0, 0.1) is 0 Å². The van der Waals surface area contributed by atoms with Gasteiger partial charge >= 0.3 is 0 Å². The van der Waals surface area contributed by atoms with Crippen molar-refractivity contribution in [2.24, 2.45) is 5.10 Å². The summed E-state index contributed by atoms with van der Waals surface area (Å²) >= 11 is 5.80. The molecule has 0 unspecified atom stereocenters. The molecule has 4 heteroatoms. The van der Waals surface area contributed by atoms with E-state index >= 15 is 0 Å². The number of nitrogens with zero attached hydrogens (tertiary/aromatic N) is 1. The van der Waals surface area contributed by atoms with E-state index in [0.717, 1.165) is 17.7 Å². The minimum absolute atomic E-state index is 0.254. The molecule has 0 aliphatic carbocycles. The Morgan fingerprint density at radius 1 is 1.14 bits per heavy atom. The molecule has 0 aliphatic rings. The van der Waals surface area contributed by atoms with Gasteiger partial charge in [0.05, 0.1) is 5.71 Å². The minimum Gasteiger partial charge on any atom is -0.267 e. The highest BCUT2D eigenvalue weighted by molar-refractivity contribution is 6.30. The fourth-order valence-electron chi connectivity index (χ4n) is 1.78. The van der Waals surface area contributed by atoms with Crippen LogP contribution in [0.1, 0.15) is 29.3 Å². The monoisotopic (exact) mass is 312 g/mol. The van der Waals surface area contributed by atoms with Crippen LogP contribution in [-0.4, -0.2) is 11.6 Å². The molecule has 0 saturated carbocycles. The predicted octanol–water partition coefficient (Wildman–Crippen LogP) is 4.55. The molecule has 22 heavy (non-hydrogen) atoms. The van der Waals surface area contributed by atoms with Crippen molar-refractivity contribution < 1.29 is 4.79 Å². The Kier molecular flexibility index (Phi) is 5.92. The molecule has 3 nitrogen and oxygen atoms in total. The molecule has 0 heterocycles. The maximum absolute atomic E-state index is 12.0. The lowest BCUT2D eigenvalue weighted by molar-refractivity contribution is 0.0955. The topological polar surface area (TPSA) is 41.5 Å². The summed E-state index contributed by atoms with van der Waals surface area (Å²) in [6.07, 6.45) is 4.60. The first-order valence-corrected chi connectivity index (χ1v) is 7.42. The van der Waals surface area contributed by atoms with Crippen molar-refractivity contribution in [1.29, 1.82) is 0 Å². The highest BCUT2D eigenvalue weighted by atomic mass is 35.5. The fourth-order valence-corrected chi connectivity index (χ4v) is 1.91. The van der Waals surface area contributed by atoms with E-state index in [9.17, 15) is 4.79 Å². The van der Waals surface area contributed by atoms with Gasteiger partial charge in [0.1, 0.15) is 0 Å². The molecule has 0 saturated heterocycles. The molecule has 2 aromatic carbocycles. The zero-order valence-corrected chi connectivity index (χ0v) is 13.0. The third-order valence-corrected chi connectivity index (χ3v) is 3.29. The van der Waals surface area contributed by atoms with Crippen LogP contribution >= 0.6 is 11.6 Å². The summed E-state index contributed by atoms with van der Waals surface area (Å²) in [4.78, 5) is 12.0. The minimum atomic E-state index is -0.254. The van der Waals surface area contributed by atoms with Crippen molar-refractivity contribution in [2.45, 2.75) is 13.3 Å². The number of carbonyl (C=O) groups excluding carboxylic acids is 1. The Hall–Kier alpha value is -2.39. The first-order chi connectivity index (χ1) is 10.7. The van der Waals surface area contributed by atoms with E-state index in [1.54, 1.807) is 24.3 Å². The summed E-state index contributed by atoms with van der Waals surface area (Å²) in [6, 6.07) is 16.6. The van der Waals surface area contributed by atoms with Crippen LogP contribution in [0.25, 0.3) is 6.08 Å². The molecule has 2 rings (SSSR count). The molecule has 0 spiro atoms. The number of rotatable bonds is 5. The number of halogens is 1. The molecular formula is C18H17ClN2O. The van der Waals surface area contributed by atoms with Gasteiger partial charge in [0.25, 0.3) is 5.91 Å². The van der Waals surface area contributed by atoms with Gasteiger partial charge in [-0.2, -0.15) is 5.10 Å². The zero-order chi connectivity index (χ0) is 15.8. The quantitative estimate of drug-likeness (QED) is 0.638. The third-order valence-electron chi connectivity index (χ3n) is 3.04. The molecule has 112 valence electrons. The van der Waals surface area contributed by atoms with Gasteiger partial charge in [0, 0.05) is 10.6 Å². The highest BCUT2D eigenvalue weighted by Gasteiger charge is 2.03. The lowest BCUT2D eigenvalue weighted by Gasteiger charge is -2.02. The summed E-state index contributed by atoms with van der Waals surface area (Å²) in [7, 11) is 0. The van der Waals surface area contributed by atoms with Crippen LogP contribution in [0.5, 0.6) is 0 Å². The molecule has 0 atom stereocenters. The summed E-state index contributed by atoms with van der Waals surface area (Å²) in [5.74, 6) is -0.254. The van der Waals surface area contributed by atoms with Gasteiger partial charge in [0.15, 0.2) is 0 Å². The molecule has 0 aliphatic heterocycles. The Bertz CT molecular complexity index is 676. The fraction of sp³-hybridized carbons (Fsp3) is 0.111. The molecule has 0 bridgehead atoms. The molecule has 1 amide bonds. The van der Waals surface area contributed by atoms with Gasteiger partial charge in [-0.05, 0) is 42.3 Å². The standard InChI is InChI=1S/C18H17ClN2O/c1-2-17(13-8-14-6-4-3-5-7-14)20-21-18(22)15-9-11-16(19)12-10-15/h3-13H,2H2,1H3,(H,21,22)/b13-8+,20-17+. The summed E-state index contributed by atoms with van der Waals surface area (Å²) < 4.78 is 0. The van der Waals surface area contributed by atoms with Crippen LogP contribution < -0.4 is 5.43 Å². The van der Waals surface area contributed by atoms with Crippen molar-refractivity contribution in [3.8, 4) is 0 Å². The van der Waals surface area contributed by atoms with Gasteiger partial charge in [-0.1, -0.05) is 54.9 Å². The van der Waals surface area contributed by atoms with Crippen molar-refractivity contribution in [3.63, 3.8) is 0 Å². The lowest BCUT2D eigenvalue weighted by atomic mass is 10.2. The molecule has 2 aromatic rings. The van der Waals surface area contributed by atoms with E-state index in [-0.39, 0.29) is 5.91 Å². The molecule has 1 N–H and O–H groups in total. The summed E-state index contributed by atoms with van der Waals surface area (Å²) in [5.41, 5.74) is 4.97. The van der Waals surface area contributed by atoms with E-state index < -0.39 is 0 Å². The number of hydrogen-bond acceptors (Lipinski definition) is 2. The Morgan fingerprint density at radius 2 is 1.82 bits per heavy atom. The van der Waals surface area contributed by atoms with Crippen molar-refractivity contribution in [2.75, 3.05) is 0 Å². The van der Waals surface area contributed by atoms with Crippen LogP contribution in [0.2, 0.25) is 5.02 Å². The SMILES string of the molecule is CCC(/C=C/c1ccccc1)=N\NC(=O)c1ccc(Cl)cc1. The first-order valence-electron chi connectivity index (χ1n) is 7.04. The van der Waals surface area contributed by atoms with E-state index in [2.05, 4.69) is 10.5 Å². The number of benzene rings is 2. The van der Waals surface area contributed by atoms with E-state index in [4.69, 9.17) is 11.6 Å². The van der Waals surface area contributed by atoms with Gasteiger partial charge < -0.3 is 0 Å². The number of carbonyl (C=O) groups is 1. The van der Waals surface area contributed by atoms with Gasteiger partial charge in [-0.3, -0.25) is 4.79 Å². The van der Waals surface area contributed by atoms with Crippen molar-refractivity contribution in [1.82, 2.24) is 5.43 Å². The number of hydrazone groups is 1. The third kappa shape index (κ3) is 4.86. The van der Waals surface area contributed by atoms with Crippen molar-refractivity contribution in [3.05, 3.63) is 76.8 Å². The van der Waals surface area contributed by atoms with Crippen LogP contribution in [-0.2, 0) is 0 Å². The van der Waals surface area contributed by atoms with E-state index in [0.29, 0.717) is 10.6 Å². The molecule has 0 radical (unpaired) electrons. The second-order valence-electron chi connectivity index (χ2n) is 4.65. The maximum atomic E-state index is 12.0. The molecule has 0 aromatic heterocycles. The zero-order valence-electron chi connectivity index (χ0n) is 12.3. The molecule has 0 fully saturated rings. The van der Waals surface area contributed by atoms with Gasteiger partial charge in [0.2, 0.25) is 0 Å². The van der Waals surface area contributed by atoms with Crippen LogP contribution in [0.3, 0.4) is 0 Å². The van der Waals surface area contributed by atoms with Crippen LogP contribution in [0.4, 0.5) is 0 Å².